The van der Waals surface area contributed by atoms with Crippen molar-refractivity contribution in [1.29, 1.82) is 0 Å². The van der Waals surface area contributed by atoms with E-state index in [1.807, 2.05) is 39.2 Å². The van der Waals surface area contributed by atoms with E-state index in [1.54, 1.807) is 6.07 Å². The molecule has 0 saturated carbocycles. The highest BCUT2D eigenvalue weighted by Crippen LogP contribution is 2.25. The smallest absolute Gasteiger partial charge is 0.255 e. The first-order valence-electron chi connectivity index (χ1n) is 9.51. The first-order chi connectivity index (χ1) is 12.7. The van der Waals surface area contributed by atoms with Crippen LogP contribution >= 0.6 is 0 Å². The number of rotatable bonds is 7. The van der Waals surface area contributed by atoms with Gasteiger partial charge in [0.1, 0.15) is 5.75 Å². The van der Waals surface area contributed by atoms with Crippen LogP contribution in [0.4, 0.5) is 0 Å². The minimum Gasteiger partial charge on any atom is -0.493 e. The van der Waals surface area contributed by atoms with Gasteiger partial charge in [-0.05, 0) is 49.7 Å². The van der Waals surface area contributed by atoms with E-state index in [4.69, 9.17) is 4.74 Å². The van der Waals surface area contributed by atoms with Gasteiger partial charge in [-0.3, -0.25) is 4.79 Å². The van der Waals surface area contributed by atoms with Crippen LogP contribution in [0.25, 0.3) is 0 Å². The summed E-state index contributed by atoms with van der Waals surface area (Å²) < 4.78 is 5.57. The second-order valence-electron chi connectivity index (χ2n) is 7.99. The molecule has 0 aliphatic carbocycles. The first-order valence-corrected chi connectivity index (χ1v) is 9.51. The van der Waals surface area contributed by atoms with Crippen LogP contribution in [0.1, 0.15) is 55.2 Å². The lowest BCUT2D eigenvalue weighted by atomic mass is 9.86. The van der Waals surface area contributed by atoms with E-state index < -0.39 is 0 Å². The van der Waals surface area contributed by atoms with E-state index in [0.717, 1.165) is 0 Å². The normalized spacial score (nSPS) is 12.7. The molecular formula is C23H32N2O2. The minimum absolute atomic E-state index is 0.0993. The third-order valence-corrected chi connectivity index (χ3v) is 4.67. The Morgan fingerprint density at radius 3 is 2.26 bits per heavy atom. The minimum atomic E-state index is -0.114. The van der Waals surface area contributed by atoms with Crippen LogP contribution in [0, 0.1) is 0 Å². The number of hydrogen-bond donors (Lipinski definition) is 1. The quantitative estimate of drug-likeness (QED) is 0.787. The van der Waals surface area contributed by atoms with Crippen molar-refractivity contribution in [2.75, 3.05) is 27.2 Å². The molecule has 2 rings (SSSR count). The van der Waals surface area contributed by atoms with Crippen molar-refractivity contribution in [3.63, 3.8) is 0 Å². The molecule has 0 aliphatic rings. The number of benzene rings is 2. The summed E-state index contributed by atoms with van der Waals surface area (Å²) in [6.45, 7) is 9.61. The molecule has 0 heterocycles. The molecule has 2 aromatic carbocycles. The van der Waals surface area contributed by atoms with Crippen LogP contribution < -0.4 is 10.1 Å². The molecule has 0 saturated heterocycles. The van der Waals surface area contributed by atoms with E-state index in [1.165, 1.54) is 11.1 Å². The summed E-state index contributed by atoms with van der Waals surface area (Å²) in [5.41, 5.74) is 3.19. The van der Waals surface area contributed by atoms with Gasteiger partial charge in [0.2, 0.25) is 0 Å². The summed E-state index contributed by atoms with van der Waals surface area (Å²) in [6, 6.07) is 16.1. The Morgan fingerprint density at radius 2 is 1.70 bits per heavy atom. The molecule has 0 unspecified atom stereocenters. The van der Waals surface area contributed by atoms with Crippen LogP contribution in [-0.4, -0.2) is 38.1 Å². The molecule has 4 nitrogen and oxygen atoms in total. The molecule has 4 heteroatoms. The molecule has 1 amide bonds. The fraction of sp³-hybridized carbons (Fsp3) is 0.435. The van der Waals surface area contributed by atoms with Gasteiger partial charge in [0, 0.05) is 6.54 Å². The van der Waals surface area contributed by atoms with Gasteiger partial charge in [0.15, 0.2) is 0 Å². The van der Waals surface area contributed by atoms with Gasteiger partial charge in [-0.25, -0.2) is 0 Å². The zero-order valence-corrected chi connectivity index (χ0v) is 17.4. The summed E-state index contributed by atoms with van der Waals surface area (Å²) in [5.74, 6) is 0.505. The standard InChI is InChI=1S/C23H32N2O2/c1-7-27-21-11-9-8-10-19(21)22(26)24-16-20(25(5)6)17-12-14-18(15-13-17)23(2,3)4/h8-15,20H,7,16H2,1-6H3,(H,24,26)/t20-/m1/s1. The van der Waals surface area contributed by atoms with Crippen molar-refractivity contribution in [2.24, 2.45) is 0 Å². The maximum absolute atomic E-state index is 12.7. The van der Waals surface area contributed by atoms with E-state index in [0.29, 0.717) is 24.5 Å². The molecule has 27 heavy (non-hydrogen) atoms. The molecule has 0 radical (unpaired) electrons. The highest BCUT2D eigenvalue weighted by atomic mass is 16.5. The Balaban J connectivity index is 2.12. The van der Waals surface area contributed by atoms with Crippen molar-refractivity contribution < 1.29 is 9.53 Å². The second kappa shape index (κ2) is 9.05. The third-order valence-electron chi connectivity index (χ3n) is 4.67. The van der Waals surface area contributed by atoms with Crippen LogP contribution in [0.2, 0.25) is 0 Å². The highest BCUT2D eigenvalue weighted by molar-refractivity contribution is 5.96. The summed E-state index contributed by atoms with van der Waals surface area (Å²) in [6.07, 6.45) is 0. The molecule has 146 valence electrons. The molecule has 0 aliphatic heterocycles. The van der Waals surface area contributed by atoms with Crippen LogP contribution in [0.5, 0.6) is 5.75 Å². The molecule has 0 aromatic heterocycles. The Morgan fingerprint density at radius 1 is 1.07 bits per heavy atom. The van der Waals surface area contributed by atoms with Crippen molar-refractivity contribution in [3.05, 3.63) is 65.2 Å². The van der Waals surface area contributed by atoms with Gasteiger partial charge < -0.3 is 15.0 Å². The molecule has 1 atom stereocenters. The lowest BCUT2D eigenvalue weighted by Crippen LogP contribution is -2.34. The lowest BCUT2D eigenvalue weighted by Gasteiger charge is -2.26. The average Bonchev–Trinajstić information content (AvgIpc) is 2.62. The number of hydrogen-bond acceptors (Lipinski definition) is 3. The molecule has 0 bridgehead atoms. The van der Waals surface area contributed by atoms with Crippen LogP contribution in [-0.2, 0) is 5.41 Å². The number of para-hydroxylation sites is 1. The summed E-state index contributed by atoms with van der Waals surface area (Å²) in [4.78, 5) is 14.8. The Kier molecular flexibility index (Phi) is 7.03. The monoisotopic (exact) mass is 368 g/mol. The zero-order valence-electron chi connectivity index (χ0n) is 17.4. The van der Waals surface area contributed by atoms with E-state index in [9.17, 15) is 4.79 Å². The largest absolute Gasteiger partial charge is 0.493 e. The highest BCUT2D eigenvalue weighted by Gasteiger charge is 2.19. The van der Waals surface area contributed by atoms with E-state index in [-0.39, 0.29) is 17.4 Å². The van der Waals surface area contributed by atoms with Crippen molar-refractivity contribution in [1.82, 2.24) is 10.2 Å². The lowest BCUT2D eigenvalue weighted by molar-refractivity contribution is 0.0938. The fourth-order valence-electron chi connectivity index (χ4n) is 3.02. The van der Waals surface area contributed by atoms with Gasteiger partial charge in [-0.15, -0.1) is 0 Å². The number of carbonyl (C=O) groups excluding carboxylic acids is 1. The summed E-state index contributed by atoms with van der Waals surface area (Å²) in [5, 5.41) is 3.06. The number of nitrogens with zero attached hydrogens (tertiary/aromatic N) is 1. The SMILES string of the molecule is CCOc1ccccc1C(=O)NC[C@H](c1ccc(C(C)(C)C)cc1)N(C)C. The number of ether oxygens (including phenoxy) is 1. The van der Waals surface area contributed by atoms with Crippen molar-refractivity contribution in [3.8, 4) is 5.75 Å². The zero-order chi connectivity index (χ0) is 20.0. The maximum atomic E-state index is 12.7. The van der Waals surface area contributed by atoms with Crippen LogP contribution in [0.15, 0.2) is 48.5 Å². The van der Waals surface area contributed by atoms with Crippen LogP contribution in [0.3, 0.4) is 0 Å². The van der Waals surface area contributed by atoms with E-state index in [2.05, 4.69) is 55.3 Å². The number of nitrogens with one attached hydrogen (secondary N) is 1. The number of amides is 1. The molecular weight excluding hydrogens is 336 g/mol. The first kappa shape index (κ1) is 21.0. The topological polar surface area (TPSA) is 41.6 Å². The third kappa shape index (κ3) is 5.57. The Bertz CT molecular complexity index is 746. The molecule has 2 aromatic rings. The molecule has 1 N–H and O–H groups in total. The molecule has 0 fully saturated rings. The Hall–Kier alpha value is -2.33. The van der Waals surface area contributed by atoms with Gasteiger partial charge in [-0.2, -0.15) is 0 Å². The summed E-state index contributed by atoms with van der Waals surface area (Å²) in [7, 11) is 4.06. The van der Waals surface area contributed by atoms with E-state index >= 15 is 0 Å². The summed E-state index contributed by atoms with van der Waals surface area (Å²) >= 11 is 0. The Labute approximate surface area is 163 Å². The molecule has 0 spiro atoms. The predicted molar refractivity (Wildman–Crippen MR) is 112 cm³/mol. The predicted octanol–water partition coefficient (Wildman–Crippen LogP) is 4.42. The van der Waals surface area contributed by atoms with Crippen molar-refractivity contribution in [2.45, 2.75) is 39.2 Å². The fourth-order valence-corrected chi connectivity index (χ4v) is 3.02. The van der Waals surface area contributed by atoms with Crippen molar-refractivity contribution >= 4 is 5.91 Å². The van der Waals surface area contributed by atoms with Gasteiger partial charge >= 0.3 is 0 Å². The maximum Gasteiger partial charge on any atom is 0.255 e. The number of carbonyl (C=O) groups is 1. The van der Waals surface area contributed by atoms with Gasteiger partial charge in [0.25, 0.3) is 5.91 Å². The average molecular weight is 369 g/mol. The number of likely N-dealkylation sites (N-methyl/N-ethyl adjacent to an activating group) is 1. The second-order valence-corrected chi connectivity index (χ2v) is 7.99. The van der Waals surface area contributed by atoms with Gasteiger partial charge in [-0.1, -0.05) is 57.2 Å². The van der Waals surface area contributed by atoms with Gasteiger partial charge in [0.05, 0.1) is 18.2 Å².